The molecule has 2 aromatic heterocycles. The first-order chi connectivity index (χ1) is 16.3. The van der Waals surface area contributed by atoms with Gasteiger partial charge in [0.2, 0.25) is 5.89 Å². The number of hydrogen-bond acceptors (Lipinski definition) is 7. The van der Waals surface area contributed by atoms with Crippen LogP contribution < -0.4 is 4.90 Å². The van der Waals surface area contributed by atoms with Gasteiger partial charge in [0.05, 0.1) is 16.5 Å². The number of anilines is 1. The Hall–Kier alpha value is -3.19. The zero-order valence-electron chi connectivity index (χ0n) is 18.6. The monoisotopic (exact) mass is 468 g/mol. The van der Waals surface area contributed by atoms with Crippen LogP contribution in [0.1, 0.15) is 42.5 Å². The standard InChI is InChI=1S/C24H23F3N6O/c1-32-9-6-15(7-10-32)20-30-21(34-31-20)22-12-23(22,24(25,26)27)14-33(13-22)18-5-4-16(11-28)19-17(18)3-2-8-29-19/h2-5,8,15H,6-7,9-10,12-14H2,1H3/t22-,23-/m0/s1. The molecule has 176 valence electrons. The molecule has 3 fully saturated rings. The van der Waals surface area contributed by atoms with Crippen molar-refractivity contribution in [3.63, 3.8) is 0 Å². The van der Waals surface area contributed by atoms with Crippen molar-refractivity contribution in [2.45, 2.75) is 36.8 Å². The summed E-state index contributed by atoms with van der Waals surface area (Å²) in [6.07, 6.45) is -1.16. The molecule has 34 heavy (non-hydrogen) atoms. The van der Waals surface area contributed by atoms with Crippen molar-refractivity contribution in [3.8, 4) is 6.07 Å². The summed E-state index contributed by atoms with van der Waals surface area (Å²) in [4.78, 5) is 12.8. The molecule has 6 rings (SSSR count). The van der Waals surface area contributed by atoms with Gasteiger partial charge in [-0.25, -0.2) is 0 Å². The van der Waals surface area contributed by atoms with Gasteiger partial charge in [-0.1, -0.05) is 5.16 Å². The first-order valence-electron chi connectivity index (χ1n) is 11.4. The lowest BCUT2D eigenvalue weighted by molar-refractivity contribution is -0.187. The zero-order valence-corrected chi connectivity index (χ0v) is 18.6. The summed E-state index contributed by atoms with van der Waals surface area (Å²) in [5.41, 5.74) is -1.68. The lowest BCUT2D eigenvalue weighted by Crippen LogP contribution is -2.34. The average Bonchev–Trinajstić information content (AvgIpc) is 3.14. The highest BCUT2D eigenvalue weighted by Crippen LogP contribution is 2.75. The number of pyridine rings is 1. The van der Waals surface area contributed by atoms with E-state index >= 15 is 0 Å². The number of halogens is 3. The number of hydrogen-bond donors (Lipinski definition) is 0. The van der Waals surface area contributed by atoms with Gasteiger partial charge >= 0.3 is 6.18 Å². The number of nitriles is 1. The number of aromatic nitrogens is 3. The van der Waals surface area contributed by atoms with Crippen LogP contribution in [0.25, 0.3) is 10.9 Å². The fraction of sp³-hybridized carbons (Fsp3) is 0.500. The molecule has 1 aromatic carbocycles. The number of benzene rings is 1. The van der Waals surface area contributed by atoms with E-state index < -0.39 is 17.0 Å². The molecule has 3 aliphatic rings. The van der Waals surface area contributed by atoms with Crippen molar-refractivity contribution < 1.29 is 17.7 Å². The van der Waals surface area contributed by atoms with Crippen LogP contribution in [-0.2, 0) is 5.41 Å². The molecule has 0 amide bonds. The minimum absolute atomic E-state index is 0.0541. The van der Waals surface area contributed by atoms with E-state index in [4.69, 9.17) is 4.52 Å². The van der Waals surface area contributed by atoms with Gasteiger partial charge in [-0.15, -0.1) is 0 Å². The predicted octanol–water partition coefficient (Wildman–Crippen LogP) is 4.01. The molecule has 2 aliphatic heterocycles. The normalized spacial score (nSPS) is 27.7. The van der Waals surface area contributed by atoms with Crippen molar-refractivity contribution >= 4 is 16.6 Å². The third-order valence-electron chi connectivity index (χ3n) is 8.00. The van der Waals surface area contributed by atoms with Gasteiger partial charge in [-0.3, -0.25) is 4.98 Å². The maximum atomic E-state index is 14.5. The summed E-state index contributed by atoms with van der Waals surface area (Å²) in [6, 6.07) is 8.96. The van der Waals surface area contributed by atoms with Crippen LogP contribution in [-0.4, -0.2) is 59.4 Å². The van der Waals surface area contributed by atoms with Crippen molar-refractivity contribution in [1.82, 2.24) is 20.0 Å². The Morgan fingerprint density at radius 2 is 1.97 bits per heavy atom. The molecule has 0 N–H and O–H groups in total. The molecule has 0 bridgehead atoms. The van der Waals surface area contributed by atoms with Crippen LogP contribution >= 0.6 is 0 Å². The summed E-state index contributed by atoms with van der Waals surface area (Å²) in [5.74, 6) is 0.722. The van der Waals surface area contributed by atoms with Crippen molar-refractivity contribution in [1.29, 1.82) is 5.26 Å². The van der Waals surface area contributed by atoms with Crippen molar-refractivity contribution in [3.05, 3.63) is 47.7 Å². The van der Waals surface area contributed by atoms with E-state index in [9.17, 15) is 18.4 Å². The van der Waals surface area contributed by atoms with E-state index in [-0.39, 0.29) is 31.3 Å². The average molecular weight is 468 g/mol. The Balaban J connectivity index is 1.38. The van der Waals surface area contributed by atoms with Gasteiger partial charge in [-0.05, 0) is 63.7 Å². The van der Waals surface area contributed by atoms with E-state index in [0.717, 1.165) is 25.9 Å². The summed E-state index contributed by atoms with van der Waals surface area (Å²) in [5, 5.41) is 14.2. The largest absolute Gasteiger partial charge is 0.397 e. The molecule has 0 spiro atoms. The van der Waals surface area contributed by atoms with Gasteiger partial charge in [0.15, 0.2) is 5.82 Å². The second-order valence-corrected chi connectivity index (χ2v) is 9.87. The molecular formula is C24H23F3N6O. The van der Waals surface area contributed by atoms with Crippen LogP contribution in [0.3, 0.4) is 0 Å². The summed E-state index contributed by atoms with van der Waals surface area (Å²) < 4.78 is 48.9. The summed E-state index contributed by atoms with van der Waals surface area (Å²) >= 11 is 0. The smallest absolute Gasteiger partial charge is 0.369 e. The third-order valence-corrected chi connectivity index (χ3v) is 8.00. The SMILES string of the molecule is CN1CCC(c2noc([C@]34CN(c5ccc(C#N)c6ncccc56)C[C@@]3(C(F)(F)F)C4)n2)CC1. The molecule has 2 saturated heterocycles. The van der Waals surface area contributed by atoms with Gasteiger partial charge in [-0.2, -0.15) is 23.4 Å². The number of piperidine rings is 2. The van der Waals surface area contributed by atoms with E-state index in [2.05, 4.69) is 26.1 Å². The zero-order chi connectivity index (χ0) is 23.7. The number of rotatable bonds is 3. The van der Waals surface area contributed by atoms with E-state index in [1.807, 2.05) is 7.05 Å². The Kier molecular flexibility index (Phi) is 4.49. The Morgan fingerprint density at radius 1 is 1.18 bits per heavy atom. The Bertz CT molecular complexity index is 1310. The molecule has 3 aromatic rings. The second-order valence-electron chi connectivity index (χ2n) is 9.87. The van der Waals surface area contributed by atoms with E-state index in [0.29, 0.717) is 28.0 Å². The lowest BCUT2D eigenvalue weighted by atomic mass is 9.94. The van der Waals surface area contributed by atoms with Crippen LogP contribution in [0.5, 0.6) is 0 Å². The maximum Gasteiger partial charge on any atom is 0.397 e. The van der Waals surface area contributed by atoms with Gasteiger partial charge in [0.25, 0.3) is 0 Å². The molecule has 1 saturated carbocycles. The van der Waals surface area contributed by atoms with Gasteiger partial charge in [0.1, 0.15) is 11.5 Å². The molecule has 10 heteroatoms. The van der Waals surface area contributed by atoms with Crippen LogP contribution in [0.15, 0.2) is 35.0 Å². The topological polar surface area (TPSA) is 82.1 Å². The molecular weight excluding hydrogens is 445 g/mol. The number of alkyl halides is 3. The second kappa shape index (κ2) is 7.15. The molecule has 0 unspecified atom stereocenters. The lowest BCUT2D eigenvalue weighted by Gasteiger charge is -2.26. The molecule has 0 radical (unpaired) electrons. The molecule has 7 nitrogen and oxygen atoms in total. The highest BCUT2D eigenvalue weighted by Gasteiger charge is 2.86. The predicted molar refractivity (Wildman–Crippen MR) is 117 cm³/mol. The van der Waals surface area contributed by atoms with Crippen LogP contribution in [0, 0.1) is 16.7 Å². The minimum atomic E-state index is -4.41. The summed E-state index contributed by atoms with van der Waals surface area (Å²) in [6.45, 7) is 1.73. The fourth-order valence-corrected chi connectivity index (χ4v) is 5.96. The quantitative estimate of drug-likeness (QED) is 0.575. The number of likely N-dealkylation sites (tertiary alicyclic amines) is 1. The molecule has 1 aliphatic carbocycles. The Morgan fingerprint density at radius 3 is 2.71 bits per heavy atom. The van der Waals surface area contributed by atoms with Gasteiger partial charge < -0.3 is 14.3 Å². The third kappa shape index (κ3) is 2.89. The fourth-order valence-electron chi connectivity index (χ4n) is 5.96. The minimum Gasteiger partial charge on any atom is -0.369 e. The molecule has 4 heterocycles. The van der Waals surface area contributed by atoms with Gasteiger partial charge in [0, 0.05) is 36.3 Å². The van der Waals surface area contributed by atoms with Crippen LogP contribution in [0.2, 0.25) is 0 Å². The van der Waals surface area contributed by atoms with Crippen molar-refractivity contribution in [2.75, 3.05) is 38.1 Å². The first-order valence-corrected chi connectivity index (χ1v) is 11.4. The first kappa shape index (κ1) is 21.4. The van der Waals surface area contributed by atoms with Crippen LogP contribution in [0.4, 0.5) is 18.9 Å². The highest BCUT2D eigenvalue weighted by atomic mass is 19.4. The number of fused-ring (bicyclic) bond motifs is 2. The summed E-state index contributed by atoms with van der Waals surface area (Å²) in [7, 11) is 2.05. The Labute approximate surface area is 194 Å². The highest BCUT2D eigenvalue weighted by molar-refractivity contribution is 5.95. The van der Waals surface area contributed by atoms with Crippen molar-refractivity contribution in [2.24, 2.45) is 5.41 Å². The number of nitrogens with zero attached hydrogens (tertiary/aromatic N) is 6. The van der Waals surface area contributed by atoms with E-state index in [1.54, 1.807) is 35.4 Å². The molecule has 2 atom stereocenters. The maximum absolute atomic E-state index is 14.5. The van der Waals surface area contributed by atoms with E-state index in [1.165, 1.54) is 0 Å².